The van der Waals surface area contributed by atoms with Gasteiger partial charge in [0.15, 0.2) is 0 Å². The molecule has 0 atom stereocenters. The van der Waals surface area contributed by atoms with E-state index >= 15 is 0 Å². The van der Waals surface area contributed by atoms with Crippen molar-refractivity contribution in [2.24, 2.45) is 0 Å². The molecule has 2 rings (SSSR count). The fourth-order valence-electron chi connectivity index (χ4n) is 2.69. The number of carbonyl (C=O) groups is 2. The van der Waals surface area contributed by atoms with E-state index in [1.54, 1.807) is 27.0 Å². The van der Waals surface area contributed by atoms with E-state index in [0.29, 0.717) is 5.56 Å². The molecule has 0 spiro atoms. The highest BCUT2D eigenvalue weighted by Gasteiger charge is 2.34. The summed E-state index contributed by atoms with van der Waals surface area (Å²) in [6.45, 7) is 5.03. The van der Waals surface area contributed by atoms with Gasteiger partial charge in [-0.15, -0.1) is 11.8 Å². The molecule has 0 fully saturated rings. The van der Waals surface area contributed by atoms with Crippen molar-refractivity contribution < 1.29 is 37.3 Å². The first-order chi connectivity index (χ1) is 14.7. The predicted octanol–water partition coefficient (Wildman–Crippen LogP) is 6.28. The monoisotopic (exact) mass is 471 g/mol. The van der Waals surface area contributed by atoms with Crippen LogP contribution in [0.5, 0.6) is 11.5 Å². The molecule has 0 aliphatic carbocycles. The second-order valence-electron chi connectivity index (χ2n) is 7.93. The van der Waals surface area contributed by atoms with Crippen LogP contribution in [0.2, 0.25) is 0 Å². The molecule has 0 bridgehead atoms. The maximum Gasteiger partial charge on any atom is 0.417 e. The maximum atomic E-state index is 13.4. The lowest BCUT2D eigenvalue weighted by molar-refractivity contribution is -0.139. The summed E-state index contributed by atoms with van der Waals surface area (Å²) in [7, 11) is 1.46. The number of amides is 1. The van der Waals surface area contributed by atoms with Crippen molar-refractivity contribution in [2.75, 3.05) is 13.3 Å². The summed E-state index contributed by atoms with van der Waals surface area (Å²) >= 11 is 0.963. The van der Waals surface area contributed by atoms with Crippen LogP contribution in [0.1, 0.15) is 42.3 Å². The first-order valence-electron chi connectivity index (χ1n) is 9.44. The zero-order chi connectivity index (χ0) is 24.3. The summed E-state index contributed by atoms with van der Waals surface area (Å²) in [5.74, 6) is -1.14. The van der Waals surface area contributed by atoms with Crippen LogP contribution in [-0.2, 0) is 17.5 Å². The molecular weight excluding hydrogens is 447 g/mol. The zero-order valence-electron chi connectivity index (χ0n) is 18.2. The smallest absolute Gasteiger partial charge is 0.417 e. The van der Waals surface area contributed by atoms with Crippen LogP contribution >= 0.6 is 11.8 Å². The van der Waals surface area contributed by atoms with Gasteiger partial charge in [-0.05, 0) is 63.4 Å². The van der Waals surface area contributed by atoms with Gasteiger partial charge in [0.05, 0.1) is 17.7 Å². The number of thioether (sulfide) groups is 1. The van der Waals surface area contributed by atoms with Crippen LogP contribution in [-0.4, -0.2) is 41.0 Å². The van der Waals surface area contributed by atoms with Gasteiger partial charge in [-0.3, -0.25) is 0 Å². The Kier molecular flexibility index (Phi) is 7.71. The highest BCUT2D eigenvalue weighted by atomic mass is 32.2. The van der Waals surface area contributed by atoms with E-state index in [2.05, 4.69) is 0 Å². The molecule has 0 aliphatic rings. The van der Waals surface area contributed by atoms with E-state index in [1.165, 1.54) is 42.3 Å². The van der Waals surface area contributed by atoms with Crippen molar-refractivity contribution in [3.8, 4) is 11.5 Å². The molecule has 0 saturated heterocycles. The average molecular weight is 471 g/mol. The topological polar surface area (TPSA) is 76.1 Å². The van der Waals surface area contributed by atoms with Gasteiger partial charge in [-0.2, -0.15) is 13.2 Å². The van der Waals surface area contributed by atoms with Gasteiger partial charge in [0, 0.05) is 17.5 Å². The van der Waals surface area contributed by atoms with Crippen molar-refractivity contribution in [2.45, 2.75) is 44.0 Å². The van der Waals surface area contributed by atoms with Gasteiger partial charge in [0.25, 0.3) is 0 Å². The molecule has 0 radical (unpaired) electrons. The molecule has 1 amide bonds. The number of ether oxygens (including phenoxy) is 2. The number of aromatic carboxylic acids is 1. The summed E-state index contributed by atoms with van der Waals surface area (Å²) < 4.78 is 51.1. The molecule has 2 aromatic rings. The quantitative estimate of drug-likeness (QED) is 0.500. The molecule has 1 N–H and O–H groups in total. The van der Waals surface area contributed by atoms with Crippen molar-refractivity contribution in [3.63, 3.8) is 0 Å². The summed E-state index contributed by atoms with van der Waals surface area (Å²) in [6, 6.07) is 7.51. The Morgan fingerprint density at radius 2 is 1.75 bits per heavy atom. The highest BCUT2D eigenvalue weighted by Crippen LogP contribution is 2.39. The minimum Gasteiger partial charge on any atom is -0.478 e. The van der Waals surface area contributed by atoms with Crippen molar-refractivity contribution in [1.29, 1.82) is 0 Å². The summed E-state index contributed by atoms with van der Waals surface area (Å²) in [6.07, 6.45) is -3.67. The average Bonchev–Trinajstić information content (AvgIpc) is 2.67. The Hall–Kier alpha value is -2.88. The number of benzene rings is 2. The fraction of sp³-hybridized carbons (Fsp3) is 0.364. The lowest BCUT2D eigenvalue weighted by Gasteiger charge is -2.25. The van der Waals surface area contributed by atoms with Crippen LogP contribution < -0.4 is 4.74 Å². The van der Waals surface area contributed by atoms with Gasteiger partial charge < -0.3 is 19.5 Å². The minimum absolute atomic E-state index is 0.0518. The highest BCUT2D eigenvalue weighted by molar-refractivity contribution is 7.98. The SMILES string of the molecule is CSc1ccc(Oc2ccc(C(=O)O)cc2CN(C)C(=O)OC(C)(C)C)cc1C(F)(F)F. The maximum absolute atomic E-state index is 13.4. The first kappa shape index (κ1) is 25.4. The minimum atomic E-state index is -4.56. The largest absolute Gasteiger partial charge is 0.478 e. The normalized spacial score (nSPS) is 11.8. The number of hydrogen-bond donors (Lipinski definition) is 1. The third kappa shape index (κ3) is 6.81. The number of rotatable bonds is 6. The molecule has 0 aliphatic heterocycles. The molecule has 0 saturated carbocycles. The van der Waals surface area contributed by atoms with Gasteiger partial charge in [0.2, 0.25) is 0 Å². The van der Waals surface area contributed by atoms with E-state index in [4.69, 9.17) is 9.47 Å². The van der Waals surface area contributed by atoms with Gasteiger partial charge >= 0.3 is 18.2 Å². The summed E-state index contributed by atoms with van der Waals surface area (Å²) in [5, 5.41) is 9.30. The number of nitrogens with zero attached hydrogens (tertiary/aromatic N) is 1. The van der Waals surface area contributed by atoms with Gasteiger partial charge in [0.1, 0.15) is 17.1 Å². The Labute approximate surface area is 188 Å². The standard InChI is InChI=1S/C22H24F3NO5S/c1-21(2,3)31-20(29)26(4)12-14-10-13(19(27)28)6-8-17(14)30-15-7-9-18(32-5)16(11-15)22(23,24)25/h6-11H,12H2,1-5H3,(H,27,28). The van der Waals surface area contributed by atoms with Crippen LogP contribution in [0.15, 0.2) is 41.3 Å². The Morgan fingerprint density at radius 3 is 2.28 bits per heavy atom. The van der Waals surface area contributed by atoms with E-state index in [9.17, 15) is 27.9 Å². The van der Waals surface area contributed by atoms with E-state index in [-0.39, 0.29) is 28.5 Å². The third-order valence-corrected chi connectivity index (χ3v) is 4.92. The molecule has 10 heteroatoms. The zero-order valence-corrected chi connectivity index (χ0v) is 19.1. The second kappa shape index (κ2) is 9.72. The molecule has 6 nitrogen and oxygen atoms in total. The molecule has 2 aromatic carbocycles. The molecular formula is C22H24F3NO5S. The molecule has 0 aromatic heterocycles. The molecule has 32 heavy (non-hydrogen) atoms. The van der Waals surface area contributed by atoms with Gasteiger partial charge in [-0.1, -0.05) is 0 Å². The van der Waals surface area contributed by atoms with Crippen LogP contribution in [0.25, 0.3) is 0 Å². The van der Waals surface area contributed by atoms with E-state index in [1.807, 2.05) is 0 Å². The first-order valence-corrected chi connectivity index (χ1v) is 10.7. The Morgan fingerprint density at radius 1 is 1.09 bits per heavy atom. The number of carbonyl (C=O) groups excluding carboxylic acids is 1. The number of hydrogen-bond acceptors (Lipinski definition) is 5. The number of halogens is 3. The van der Waals surface area contributed by atoms with Crippen molar-refractivity contribution in [1.82, 2.24) is 4.90 Å². The Bertz CT molecular complexity index is 1000. The fourth-order valence-corrected chi connectivity index (χ4v) is 3.29. The van der Waals surface area contributed by atoms with Crippen LogP contribution in [0.4, 0.5) is 18.0 Å². The van der Waals surface area contributed by atoms with E-state index in [0.717, 1.165) is 17.8 Å². The third-order valence-electron chi connectivity index (χ3n) is 4.12. The Balaban J connectivity index is 2.40. The van der Waals surface area contributed by atoms with Gasteiger partial charge in [-0.25, -0.2) is 9.59 Å². The van der Waals surface area contributed by atoms with E-state index < -0.39 is 29.4 Å². The lowest BCUT2D eigenvalue weighted by atomic mass is 10.1. The molecule has 0 unspecified atom stereocenters. The van der Waals surface area contributed by atoms with Crippen LogP contribution in [0.3, 0.4) is 0 Å². The van der Waals surface area contributed by atoms with Crippen LogP contribution in [0, 0.1) is 0 Å². The molecule has 0 heterocycles. The molecule has 174 valence electrons. The number of carboxylic acids is 1. The number of carboxylic acid groups (broad SMARTS) is 1. The summed E-state index contributed by atoms with van der Waals surface area (Å²) in [4.78, 5) is 24.9. The van der Waals surface area contributed by atoms with Crippen molar-refractivity contribution in [3.05, 3.63) is 53.1 Å². The number of alkyl halides is 3. The second-order valence-corrected chi connectivity index (χ2v) is 8.77. The predicted molar refractivity (Wildman–Crippen MR) is 114 cm³/mol. The van der Waals surface area contributed by atoms with Crippen molar-refractivity contribution >= 4 is 23.8 Å². The summed E-state index contributed by atoms with van der Waals surface area (Å²) in [5.41, 5.74) is -1.34. The lowest BCUT2D eigenvalue weighted by Crippen LogP contribution is -2.33.